The van der Waals surface area contributed by atoms with Crippen LogP contribution in [0, 0.1) is 5.92 Å². The fourth-order valence-corrected chi connectivity index (χ4v) is 4.17. The van der Waals surface area contributed by atoms with E-state index in [2.05, 4.69) is 40.1 Å². The highest BCUT2D eigenvalue weighted by atomic mass is 35.5. The topological polar surface area (TPSA) is 44.4 Å². The summed E-state index contributed by atoms with van der Waals surface area (Å²) in [5, 5.41) is 8.44. The number of halogens is 1. The number of rotatable bonds is 4. The first kappa shape index (κ1) is 16.3. The molecule has 3 rings (SSSR count). The van der Waals surface area contributed by atoms with E-state index in [1.807, 2.05) is 12.1 Å². The maximum Gasteiger partial charge on any atom is 0.319 e. The minimum absolute atomic E-state index is 0.211. The number of hydrogen-bond acceptors (Lipinski definition) is 3. The van der Waals surface area contributed by atoms with Gasteiger partial charge in [-0.25, -0.2) is 4.79 Å². The van der Waals surface area contributed by atoms with Crippen LogP contribution < -0.4 is 10.6 Å². The molecule has 2 amide bonds. The van der Waals surface area contributed by atoms with E-state index in [0.29, 0.717) is 29.1 Å². The molecule has 2 heterocycles. The third kappa shape index (κ3) is 4.05. The van der Waals surface area contributed by atoms with Gasteiger partial charge in [0.2, 0.25) is 0 Å². The van der Waals surface area contributed by atoms with E-state index >= 15 is 0 Å². The van der Waals surface area contributed by atoms with Crippen molar-refractivity contribution in [3.8, 4) is 0 Å². The normalized spacial score (nSPS) is 21.3. The van der Waals surface area contributed by atoms with E-state index < -0.39 is 0 Å². The van der Waals surface area contributed by atoms with Gasteiger partial charge in [0.25, 0.3) is 0 Å². The molecule has 0 unspecified atom stereocenters. The molecule has 2 N–H and O–H groups in total. The number of hydrogen-bond donors (Lipinski definition) is 2. The van der Waals surface area contributed by atoms with Crippen LogP contribution in [0.2, 0.25) is 5.02 Å². The van der Waals surface area contributed by atoms with Crippen molar-refractivity contribution in [1.82, 2.24) is 10.2 Å². The maximum absolute atomic E-state index is 12.1. The van der Waals surface area contributed by atoms with Gasteiger partial charge in [-0.05, 0) is 36.5 Å². The number of anilines is 1. The summed E-state index contributed by atoms with van der Waals surface area (Å²) < 4.78 is 0. The summed E-state index contributed by atoms with van der Waals surface area (Å²) in [5.74, 6) is 0.913. The van der Waals surface area contributed by atoms with Crippen LogP contribution in [0.1, 0.15) is 10.8 Å². The second-order valence-electron chi connectivity index (χ2n) is 5.92. The lowest BCUT2D eigenvalue weighted by molar-refractivity contribution is 0.249. The molecular weight excluding hydrogens is 330 g/mol. The zero-order chi connectivity index (χ0) is 16.2. The first-order chi connectivity index (χ1) is 11.1. The second kappa shape index (κ2) is 7.34. The number of likely N-dealkylation sites (tertiary alicyclic amines) is 1. The SMILES string of the molecule is CN1C[C@@H](CNC(=O)Nc2ccccc2Cl)[C@H](c2cccs2)C1. The lowest BCUT2D eigenvalue weighted by atomic mass is 9.94. The minimum Gasteiger partial charge on any atom is -0.338 e. The molecule has 1 fully saturated rings. The maximum atomic E-state index is 12.1. The third-order valence-corrected chi connectivity index (χ3v) is 5.51. The molecule has 2 aromatic rings. The van der Waals surface area contributed by atoms with Gasteiger partial charge in [0, 0.05) is 30.4 Å². The van der Waals surface area contributed by atoms with Crippen molar-refractivity contribution in [2.45, 2.75) is 5.92 Å². The average molecular weight is 350 g/mol. The molecule has 1 aromatic carbocycles. The molecule has 0 saturated carbocycles. The lowest BCUT2D eigenvalue weighted by Gasteiger charge is -2.18. The molecule has 0 bridgehead atoms. The van der Waals surface area contributed by atoms with E-state index in [9.17, 15) is 4.79 Å². The largest absolute Gasteiger partial charge is 0.338 e. The highest BCUT2D eigenvalue weighted by Crippen LogP contribution is 2.34. The van der Waals surface area contributed by atoms with E-state index in [1.54, 1.807) is 23.5 Å². The van der Waals surface area contributed by atoms with Crippen molar-refractivity contribution in [2.24, 2.45) is 5.92 Å². The number of nitrogens with zero attached hydrogens (tertiary/aromatic N) is 1. The van der Waals surface area contributed by atoms with Gasteiger partial charge in [0.1, 0.15) is 0 Å². The Morgan fingerprint density at radius 3 is 2.87 bits per heavy atom. The Hall–Kier alpha value is -1.56. The Balaban J connectivity index is 1.57. The van der Waals surface area contributed by atoms with Crippen molar-refractivity contribution >= 4 is 34.7 Å². The van der Waals surface area contributed by atoms with Gasteiger partial charge >= 0.3 is 6.03 Å². The monoisotopic (exact) mass is 349 g/mol. The van der Waals surface area contributed by atoms with Crippen molar-refractivity contribution in [3.63, 3.8) is 0 Å². The molecule has 23 heavy (non-hydrogen) atoms. The van der Waals surface area contributed by atoms with Crippen LogP contribution in [0.5, 0.6) is 0 Å². The van der Waals surface area contributed by atoms with Gasteiger partial charge in [0.05, 0.1) is 10.7 Å². The van der Waals surface area contributed by atoms with Gasteiger partial charge in [0.15, 0.2) is 0 Å². The summed E-state index contributed by atoms with van der Waals surface area (Å²) in [5.41, 5.74) is 0.630. The van der Waals surface area contributed by atoms with Crippen LogP contribution in [0.25, 0.3) is 0 Å². The van der Waals surface area contributed by atoms with Crippen LogP contribution in [-0.2, 0) is 0 Å². The molecule has 1 aromatic heterocycles. The number of carbonyl (C=O) groups excluding carboxylic acids is 1. The first-order valence-corrected chi connectivity index (χ1v) is 8.90. The summed E-state index contributed by atoms with van der Waals surface area (Å²) in [7, 11) is 2.13. The molecule has 1 aliphatic rings. The zero-order valence-electron chi connectivity index (χ0n) is 13.0. The molecule has 122 valence electrons. The molecule has 1 saturated heterocycles. The fraction of sp³-hybridized carbons (Fsp3) is 0.353. The fourth-order valence-electron chi connectivity index (χ4n) is 3.07. The number of likely N-dealkylation sites (N-methyl/N-ethyl adjacent to an activating group) is 1. The standard InChI is InChI=1S/C17H20ClN3OS/c1-21-10-12(13(11-21)16-7-4-8-23-16)9-19-17(22)20-15-6-3-2-5-14(15)18/h2-8,12-13H,9-11H2,1H3,(H2,19,20,22)/t12-,13-/m1/s1. The number of nitrogens with one attached hydrogen (secondary N) is 2. The van der Waals surface area contributed by atoms with Gasteiger partial charge in [-0.1, -0.05) is 29.8 Å². The smallest absolute Gasteiger partial charge is 0.319 e. The van der Waals surface area contributed by atoms with Crippen molar-refractivity contribution in [1.29, 1.82) is 0 Å². The number of para-hydroxylation sites is 1. The summed E-state index contributed by atoms with van der Waals surface area (Å²) in [6.45, 7) is 2.69. The van der Waals surface area contributed by atoms with Crippen LogP contribution in [-0.4, -0.2) is 37.6 Å². The van der Waals surface area contributed by atoms with Crippen LogP contribution >= 0.6 is 22.9 Å². The Morgan fingerprint density at radius 1 is 1.30 bits per heavy atom. The van der Waals surface area contributed by atoms with Gasteiger partial charge in [-0.2, -0.15) is 0 Å². The van der Waals surface area contributed by atoms with Crippen molar-refractivity contribution in [2.75, 3.05) is 32.0 Å². The van der Waals surface area contributed by atoms with E-state index in [4.69, 9.17) is 11.6 Å². The molecule has 6 heteroatoms. The number of carbonyl (C=O) groups is 1. The molecule has 1 aliphatic heterocycles. The zero-order valence-corrected chi connectivity index (χ0v) is 14.5. The molecule has 0 aliphatic carbocycles. The second-order valence-corrected chi connectivity index (χ2v) is 7.30. The van der Waals surface area contributed by atoms with Crippen LogP contribution in [0.3, 0.4) is 0 Å². The molecular formula is C17H20ClN3OS. The summed E-state index contributed by atoms with van der Waals surface area (Å²) in [6.07, 6.45) is 0. The van der Waals surface area contributed by atoms with Gasteiger partial charge < -0.3 is 15.5 Å². The Bertz CT molecular complexity index is 662. The number of amides is 2. The van der Waals surface area contributed by atoms with Crippen molar-refractivity contribution in [3.05, 3.63) is 51.7 Å². The predicted octanol–water partition coefficient (Wildman–Crippen LogP) is 3.87. The predicted molar refractivity (Wildman–Crippen MR) is 96.5 cm³/mol. The Kier molecular flexibility index (Phi) is 5.20. The summed E-state index contributed by atoms with van der Waals surface area (Å²) in [6, 6.07) is 11.3. The van der Waals surface area contributed by atoms with E-state index in [-0.39, 0.29) is 6.03 Å². The molecule has 0 radical (unpaired) electrons. The highest BCUT2D eigenvalue weighted by Gasteiger charge is 2.32. The molecule has 2 atom stereocenters. The third-order valence-electron chi connectivity index (χ3n) is 4.18. The molecule has 4 nitrogen and oxygen atoms in total. The van der Waals surface area contributed by atoms with Crippen LogP contribution in [0.4, 0.5) is 10.5 Å². The van der Waals surface area contributed by atoms with E-state index in [0.717, 1.165) is 13.1 Å². The summed E-state index contributed by atoms with van der Waals surface area (Å²) >= 11 is 7.85. The Morgan fingerprint density at radius 2 is 2.13 bits per heavy atom. The summed E-state index contributed by atoms with van der Waals surface area (Å²) in [4.78, 5) is 15.8. The lowest BCUT2D eigenvalue weighted by Crippen LogP contribution is -2.35. The first-order valence-electron chi connectivity index (χ1n) is 7.65. The van der Waals surface area contributed by atoms with E-state index in [1.165, 1.54) is 4.88 Å². The van der Waals surface area contributed by atoms with Gasteiger partial charge in [-0.3, -0.25) is 0 Å². The van der Waals surface area contributed by atoms with Crippen molar-refractivity contribution < 1.29 is 4.79 Å². The van der Waals surface area contributed by atoms with Gasteiger partial charge in [-0.15, -0.1) is 11.3 Å². The highest BCUT2D eigenvalue weighted by molar-refractivity contribution is 7.10. The minimum atomic E-state index is -0.211. The average Bonchev–Trinajstić information content (AvgIpc) is 3.16. The number of urea groups is 1. The number of benzene rings is 1. The Labute approximate surface area is 145 Å². The number of thiophene rings is 1. The van der Waals surface area contributed by atoms with Crippen LogP contribution in [0.15, 0.2) is 41.8 Å². The quantitative estimate of drug-likeness (QED) is 0.880. The molecule has 0 spiro atoms.